The lowest BCUT2D eigenvalue weighted by atomic mass is 10.2. The number of aromatic nitrogens is 1. The van der Waals surface area contributed by atoms with Gasteiger partial charge >= 0.3 is 0 Å². The summed E-state index contributed by atoms with van der Waals surface area (Å²) in [6.07, 6.45) is 2.65. The molecule has 1 aromatic carbocycles. The largest absolute Gasteiger partial charge is 0.357 e. The Morgan fingerprint density at radius 3 is 2.47 bits per heavy atom. The Morgan fingerprint density at radius 2 is 1.89 bits per heavy atom. The highest BCUT2D eigenvalue weighted by molar-refractivity contribution is 7.95. The van der Waals surface area contributed by atoms with Crippen molar-refractivity contribution in [2.75, 3.05) is 0 Å². The number of H-pyrrole nitrogens is 1. The summed E-state index contributed by atoms with van der Waals surface area (Å²) in [6, 6.07) is 9.92. The molecule has 0 aliphatic rings. The standard InChI is InChI=1S/C12H11NO5S/c14-18-10-6-7-13-12(10)11(19(15,16)17)8-9-4-2-1-3-5-9/h1-8,13-14H,(H,15,16,17). The molecule has 2 rings (SSSR count). The van der Waals surface area contributed by atoms with Gasteiger partial charge in [-0.1, -0.05) is 30.3 Å². The summed E-state index contributed by atoms with van der Waals surface area (Å²) in [4.78, 5) is 6.25. The van der Waals surface area contributed by atoms with Crippen LogP contribution in [0.4, 0.5) is 0 Å². The molecule has 7 heteroatoms. The second-order valence-corrected chi connectivity index (χ2v) is 5.09. The monoisotopic (exact) mass is 281 g/mol. The number of benzene rings is 1. The SMILES string of the molecule is O=S(=O)(O)C(=Cc1ccccc1)c1[nH]ccc1OO. The van der Waals surface area contributed by atoms with Crippen molar-refractivity contribution in [1.29, 1.82) is 0 Å². The van der Waals surface area contributed by atoms with Crippen LogP contribution in [0.2, 0.25) is 0 Å². The van der Waals surface area contributed by atoms with Crippen LogP contribution in [0, 0.1) is 0 Å². The summed E-state index contributed by atoms with van der Waals surface area (Å²) < 4.78 is 32.1. The van der Waals surface area contributed by atoms with E-state index < -0.39 is 15.0 Å². The van der Waals surface area contributed by atoms with Crippen molar-refractivity contribution in [1.82, 2.24) is 4.98 Å². The smallest absolute Gasteiger partial charge is 0.296 e. The van der Waals surface area contributed by atoms with E-state index in [1.54, 1.807) is 30.3 Å². The molecule has 19 heavy (non-hydrogen) atoms. The molecule has 0 amide bonds. The highest BCUT2D eigenvalue weighted by Crippen LogP contribution is 2.29. The van der Waals surface area contributed by atoms with E-state index in [0.29, 0.717) is 5.56 Å². The fraction of sp³-hybridized carbons (Fsp3) is 0. The number of hydrogen-bond acceptors (Lipinski definition) is 4. The molecule has 0 fully saturated rings. The van der Waals surface area contributed by atoms with E-state index in [2.05, 4.69) is 9.87 Å². The van der Waals surface area contributed by atoms with Crippen LogP contribution in [-0.4, -0.2) is 23.2 Å². The summed E-state index contributed by atoms with van der Waals surface area (Å²) in [7, 11) is -4.48. The first-order chi connectivity index (χ1) is 9.02. The van der Waals surface area contributed by atoms with Crippen LogP contribution in [0.15, 0.2) is 42.6 Å². The van der Waals surface area contributed by atoms with Gasteiger partial charge in [0.05, 0.1) is 0 Å². The molecule has 100 valence electrons. The number of hydrogen-bond donors (Lipinski definition) is 3. The quantitative estimate of drug-likeness (QED) is 0.453. The van der Waals surface area contributed by atoms with Crippen molar-refractivity contribution in [2.24, 2.45) is 0 Å². The Morgan fingerprint density at radius 1 is 1.21 bits per heavy atom. The summed E-state index contributed by atoms with van der Waals surface area (Å²) >= 11 is 0. The van der Waals surface area contributed by atoms with Crippen LogP contribution in [0.25, 0.3) is 11.0 Å². The fourth-order valence-corrected chi connectivity index (χ4v) is 2.30. The molecular formula is C12H11NO5S. The van der Waals surface area contributed by atoms with E-state index in [4.69, 9.17) is 5.26 Å². The van der Waals surface area contributed by atoms with Gasteiger partial charge in [-0.25, -0.2) is 5.26 Å². The Hall–Kier alpha value is -2.09. The number of aromatic amines is 1. The van der Waals surface area contributed by atoms with E-state index >= 15 is 0 Å². The zero-order valence-corrected chi connectivity index (χ0v) is 10.5. The third kappa shape index (κ3) is 3.02. The van der Waals surface area contributed by atoms with Crippen LogP contribution < -0.4 is 4.89 Å². The average Bonchev–Trinajstić information content (AvgIpc) is 2.83. The second kappa shape index (κ2) is 5.27. The van der Waals surface area contributed by atoms with Gasteiger partial charge in [0.1, 0.15) is 10.6 Å². The van der Waals surface area contributed by atoms with Crippen LogP contribution in [0.1, 0.15) is 11.3 Å². The molecule has 0 saturated carbocycles. The third-order valence-corrected chi connectivity index (χ3v) is 3.31. The number of nitrogens with one attached hydrogen (secondary N) is 1. The molecule has 3 N–H and O–H groups in total. The van der Waals surface area contributed by atoms with Gasteiger partial charge in [-0.05, 0) is 11.6 Å². The Kier molecular flexibility index (Phi) is 3.70. The van der Waals surface area contributed by atoms with Gasteiger partial charge in [0.2, 0.25) is 0 Å². The van der Waals surface area contributed by atoms with Crippen molar-refractivity contribution in [3.63, 3.8) is 0 Å². The van der Waals surface area contributed by atoms with E-state index in [9.17, 15) is 13.0 Å². The molecular weight excluding hydrogens is 270 g/mol. The maximum Gasteiger partial charge on any atom is 0.296 e. The van der Waals surface area contributed by atoms with Crippen molar-refractivity contribution >= 4 is 21.1 Å². The van der Waals surface area contributed by atoms with Crippen molar-refractivity contribution < 1.29 is 23.1 Å². The molecule has 0 atom stereocenters. The van der Waals surface area contributed by atoms with Crippen molar-refractivity contribution in [3.8, 4) is 5.75 Å². The molecule has 0 saturated heterocycles. The highest BCUT2D eigenvalue weighted by atomic mass is 32.2. The topological polar surface area (TPSA) is 99.6 Å². The van der Waals surface area contributed by atoms with Crippen LogP contribution in [0.5, 0.6) is 5.75 Å². The minimum absolute atomic E-state index is 0.0335. The number of rotatable bonds is 4. The van der Waals surface area contributed by atoms with Gasteiger partial charge in [-0.2, -0.15) is 8.42 Å². The van der Waals surface area contributed by atoms with Gasteiger partial charge in [-0.3, -0.25) is 4.55 Å². The lowest BCUT2D eigenvalue weighted by molar-refractivity contribution is -0.137. The van der Waals surface area contributed by atoms with E-state index in [1.165, 1.54) is 18.3 Å². The van der Waals surface area contributed by atoms with Crippen molar-refractivity contribution in [3.05, 3.63) is 53.9 Å². The summed E-state index contributed by atoms with van der Waals surface area (Å²) in [5.41, 5.74) is 0.544. The van der Waals surface area contributed by atoms with Crippen LogP contribution in [-0.2, 0) is 10.1 Å². The van der Waals surface area contributed by atoms with Gasteiger partial charge in [0, 0.05) is 12.3 Å². The molecule has 2 aromatic rings. The average molecular weight is 281 g/mol. The third-order valence-electron chi connectivity index (χ3n) is 2.43. The predicted molar refractivity (Wildman–Crippen MR) is 69.9 cm³/mol. The van der Waals surface area contributed by atoms with Gasteiger partial charge in [0.25, 0.3) is 10.1 Å². The summed E-state index contributed by atoms with van der Waals surface area (Å²) in [6.45, 7) is 0. The molecule has 0 aliphatic heterocycles. The zero-order valence-electron chi connectivity index (χ0n) is 9.65. The van der Waals surface area contributed by atoms with Crippen LogP contribution >= 0.6 is 0 Å². The maximum absolute atomic E-state index is 11.4. The highest BCUT2D eigenvalue weighted by Gasteiger charge is 2.22. The zero-order chi connectivity index (χ0) is 13.9. The molecule has 1 aromatic heterocycles. The lowest BCUT2D eigenvalue weighted by Gasteiger charge is -2.04. The Balaban J connectivity index is 2.59. The van der Waals surface area contributed by atoms with Gasteiger partial charge in [-0.15, -0.1) is 0 Å². The minimum atomic E-state index is -4.48. The molecule has 0 radical (unpaired) electrons. The molecule has 0 unspecified atom stereocenters. The second-order valence-electron chi connectivity index (χ2n) is 3.70. The van der Waals surface area contributed by atoms with E-state index in [0.717, 1.165) is 0 Å². The molecule has 0 spiro atoms. The summed E-state index contributed by atoms with van der Waals surface area (Å²) in [5.74, 6) is -0.0974. The van der Waals surface area contributed by atoms with Gasteiger partial charge in [0.15, 0.2) is 5.75 Å². The Labute approximate surface area is 109 Å². The van der Waals surface area contributed by atoms with Crippen LogP contribution in [0.3, 0.4) is 0 Å². The maximum atomic E-state index is 11.4. The normalized spacial score (nSPS) is 12.4. The Bertz CT molecular complexity index is 688. The molecule has 0 bridgehead atoms. The first-order valence-corrected chi connectivity index (χ1v) is 6.70. The van der Waals surface area contributed by atoms with E-state index in [1.807, 2.05) is 0 Å². The minimum Gasteiger partial charge on any atom is -0.357 e. The molecule has 1 heterocycles. The summed E-state index contributed by atoms with van der Waals surface area (Å²) in [5, 5.41) is 8.66. The first-order valence-electron chi connectivity index (χ1n) is 5.26. The predicted octanol–water partition coefficient (Wildman–Crippen LogP) is 2.25. The first kappa shape index (κ1) is 13.3. The van der Waals surface area contributed by atoms with Gasteiger partial charge < -0.3 is 9.87 Å². The van der Waals surface area contributed by atoms with Crippen molar-refractivity contribution in [2.45, 2.75) is 0 Å². The molecule has 6 nitrogen and oxygen atoms in total. The fourth-order valence-electron chi connectivity index (χ4n) is 1.60. The molecule has 0 aliphatic carbocycles. The van der Waals surface area contributed by atoms with E-state index in [-0.39, 0.29) is 11.4 Å². The lowest BCUT2D eigenvalue weighted by Crippen LogP contribution is -2.03.